The Bertz CT molecular complexity index is 1000. The van der Waals surface area contributed by atoms with Crippen LogP contribution in [0.15, 0.2) is 40.7 Å². The number of anilines is 2. The van der Waals surface area contributed by atoms with E-state index >= 15 is 0 Å². The standard InChI is InChI=1S/C22H31N7O4/c1-23-29-9-6-24-20(28-8-4-5-16(14-28)22(31)25-7-10-30)21(29)27-15-26-17-11-18(32-2)13-19(12-17)33-3/h6,9,11-13,16,26,30H,1,4-5,7-8,10,14-15H2,2-3H3,(H,25,31)/b27-21-. The number of piperidine rings is 1. The quantitative estimate of drug-likeness (QED) is 0.448. The molecule has 1 aromatic heterocycles. The van der Waals surface area contributed by atoms with Gasteiger partial charge < -0.3 is 30.1 Å². The first-order valence-corrected chi connectivity index (χ1v) is 10.7. The van der Waals surface area contributed by atoms with Gasteiger partial charge in [-0.2, -0.15) is 5.10 Å². The second-order valence-electron chi connectivity index (χ2n) is 7.45. The van der Waals surface area contributed by atoms with Crippen LogP contribution >= 0.6 is 0 Å². The Morgan fingerprint density at radius 1 is 1.30 bits per heavy atom. The molecule has 1 aliphatic heterocycles. The molecule has 11 nitrogen and oxygen atoms in total. The van der Waals surface area contributed by atoms with E-state index in [2.05, 4.69) is 32.4 Å². The molecule has 1 atom stereocenters. The highest BCUT2D eigenvalue weighted by molar-refractivity contribution is 5.79. The molecule has 2 aromatic rings. The number of carbonyl (C=O) groups excluding carboxylic acids is 1. The molecule has 3 N–H and O–H groups in total. The first-order chi connectivity index (χ1) is 16.1. The maximum absolute atomic E-state index is 12.4. The van der Waals surface area contributed by atoms with Gasteiger partial charge in [-0.1, -0.05) is 0 Å². The first-order valence-electron chi connectivity index (χ1n) is 10.7. The highest BCUT2D eigenvalue weighted by Crippen LogP contribution is 2.25. The third-order valence-corrected chi connectivity index (χ3v) is 5.34. The van der Waals surface area contributed by atoms with Gasteiger partial charge in [0.05, 0.1) is 26.7 Å². The van der Waals surface area contributed by atoms with Crippen molar-refractivity contribution in [3.05, 3.63) is 36.1 Å². The van der Waals surface area contributed by atoms with Crippen LogP contribution in [-0.2, 0) is 4.79 Å². The Morgan fingerprint density at radius 2 is 2.06 bits per heavy atom. The topological polar surface area (TPSA) is 126 Å². The Labute approximate surface area is 192 Å². The molecule has 2 heterocycles. The normalized spacial score (nSPS) is 16.3. The molecule has 1 unspecified atom stereocenters. The summed E-state index contributed by atoms with van der Waals surface area (Å²) in [5.41, 5.74) is 1.32. The predicted molar refractivity (Wildman–Crippen MR) is 126 cm³/mol. The summed E-state index contributed by atoms with van der Waals surface area (Å²) in [6.45, 7) is 5.31. The summed E-state index contributed by atoms with van der Waals surface area (Å²) in [6, 6.07) is 5.49. The van der Waals surface area contributed by atoms with Crippen LogP contribution in [0.2, 0.25) is 0 Å². The van der Waals surface area contributed by atoms with Gasteiger partial charge in [0.25, 0.3) is 0 Å². The fourth-order valence-corrected chi connectivity index (χ4v) is 3.70. The molecule has 1 fully saturated rings. The van der Waals surface area contributed by atoms with Crippen molar-refractivity contribution in [2.75, 3.05) is 57.3 Å². The number of aliphatic hydroxyl groups is 1. The fourth-order valence-electron chi connectivity index (χ4n) is 3.70. The monoisotopic (exact) mass is 457 g/mol. The number of hydrogen-bond donors (Lipinski definition) is 3. The van der Waals surface area contributed by atoms with E-state index in [9.17, 15) is 4.79 Å². The van der Waals surface area contributed by atoms with Crippen molar-refractivity contribution >= 4 is 24.1 Å². The molecule has 0 aliphatic carbocycles. The van der Waals surface area contributed by atoms with E-state index in [1.807, 2.05) is 17.0 Å². The van der Waals surface area contributed by atoms with Crippen LogP contribution in [0.1, 0.15) is 12.8 Å². The molecular weight excluding hydrogens is 426 g/mol. The number of rotatable bonds is 10. The average Bonchev–Trinajstić information content (AvgIpc) is 2.87. The van der Waals surface area contributed by atoms with Crippen LogP contribution in [0.25, 0.3) is 0 Å². The molecular formula is C22H31N7O4. The van der Waals surface area contributed by atoms with E-state index < -0.39 is 0 Å². The predicted octanol–water partition coefficient (Wildman–Crippen LogP) is 0.659. The lowest BCUT2D eigenvalue weighted by Crippen LogP contribution is -2.46. The van der Waals surface area contributed by atoms with Crippen molar-refractivity contribution < 1.29 is 19.4 Å². The van der Waals surface area contributed by atoms with E-state index in [4.69, 9.17) is 14.6 Å². The summed E-state index contributed by atoms with van der Waals surface area (Å²) in [7, 11) is 3.19. The first kappa shape index (κ1) is 24.1. The van der Waals surface area contributed by atoms with Crippen molar-refractivity contribution in [3.8, 4) is 11.5 Å². The molecule has 0 bridgehead atoms. The molecule has 33 heavy (non-hydrogen) atoms. The number of methoxy groups -OCH3 is 2. The number of hydrogen-bond acceptors (Lipinski definition) is 9. The van der Waals surface area contributed by atoms with E-state index in [0.717, 1.165) is 25.1 Å². The molecule has 0 spiro atoms. The largest absolute Gasteiger partial charge is 0.497 e. The lowest BCUT2D eigenvalue weighted by atomic mass is 9.97. The van der Waals surface area contributed by atoms with Crippen molar-refractivity contribution in [2.45, 2.75) is 12.8 Å². The highest BCUT2D eigenvalue weighted by atomic mass is 16.5. The number of benzene rings is 1. The number of nitrogens with one attached hydrogen (secondary N) is 2. The Balaban J connectivity index is 1.82. The van der Waals surface area contributed by atoms with Crippen LogP contribution in [0.4, 0.5) is 11.5 Å². The zero-order valence-corrected chi connectivity index (χ0v) is 19.0. The van der Waals surface area contributed by atoms with Crippen LogP contribution in [0.3, 0.4) is 0 Å². The maximum Gasteiger partial charge on any atom is 0.224 e. The van der Waals surface area contributed by atoms with Crippen LogP contribution in [-0.4, -0.2) is 74.5 Å². The molecule has 3 rings (SSSR count). The van der Waals surface area contributed by atoms with E-state index in [0.29, 0.717) is 29.3 Å². The number of amides is 1. The van der Waals surface area contributed by atoms with Crippen molar-refractivity contribution in [2.24, 2.45) is 16.0 Å². The van der Waals surface area contributed by atoms with Crippen LogP contribution in [0, 0.1) is 5.92 Å². The molecule has 1 aliphatic rings. The molecule has 11 heteroatoms. The number of carbonyl (C=O) groups is 1. The van der Waals surface area contributed by atoms with E-state index in [1.54, 1.807) is 37.4 Å². The second kappa shape index (κ2) is 11.9. The highest BCUT2D eigenvalue weighted by Gasteiger charge is 2.27. The zero-order chi connectivity index (χ0) is 23.6. The smallest absolute Gasteiger partial charge is 0.224 e. The summed E-state index contributed by atoms with van der Waals surface area (Å²) in [5.74, 6) is 1.72. The number of ether oxygens (including phenoxy) is 2. The maximum atomic E-state index is 12.4. The molecule has 0 radical (unpaired) electrons. The van der Waals surface area contributed by atoms with Crippen molar-refractivity contribution in [3.63, 3.8) is 0 Å². The number of aromatic nitrogens is 2. The minimum atomic E-state index is -0.187. The van der Waals surface area contributed by atoms with Gasteiger partial charge in [0.2, 0.25) is 5.91 Å². The van der Waals surface area contributed by atoms with Crippen LogP contribution in [0.5, 0.6) is 11.5 Å². The van der Waals surface area contributed by atoms with E-state index in [1.165, 1.54) is 0 Å². The van der Waals surface area contributed by atoms with Crippen molar-refractivity contribution in [1.29, 1.82) is 0 Å². The van der Waals surface area contributed by atoms with Gasteiger partial charge in [0, 0.05) is 62.6 Å². The van der Waals surface area contributed by atoms with Gasteiger partial charge in [-0.25, -0.2) is 14.7 Å². The summed E-state index contributed by atoms with van der Waals surface area (Å²) < 4.78 is 12.2. The molecule has 1 aromatic carbocycles. The molecule has 1 amide bonds. The number of aliphatic hydroxyl groups excluding tert-OH is 1. The SMILES string of the molecule is C=Nn1ccnc(N2CCCC(C(=O)NCCO)C2)/c1=N/CNc1cc(OC)cc(OC)c1. The van der Waals surface area contributed by atoms with E-state index in [-0.39, 0.29) is 31.6 Å². The number of nitrogens with zero attached hydrogens (tertiary/aromatic N) is 5. The lowest BCUT2D eigenvalue weighted by Gasteiger charge is -2.32. The van der Waals surface area contributed by atoms with Gasteiger partial charge in [0.1, 0.15) is 18.2 Å². The fraction of sp³-hybridized carbons (Fsp3) is 0.455. The summed E-state index contributed by atoms with van der Waals surface area (Å²) in [5, 5.41) is 19.0. The average molecular weight is 458 g/mol. The molecule has 1 saturated heterocycles. The van der Waals surface area contributed by atoms with Crippen molar-refractivity contribution in [1.82, 2.24) is 15.0 Å². The summed E-state index contributed by atoms with van der Waals surface area (Å²) in [6.07, 6.45) is 4.95. The van der Waals surface area contributed by atoms with Gasteiger partial charge in [-0.3, -0.25) is 4.79 Å². The van der Waals surface area contributed by atoms with Gasteiger partial charge in [-0.15, -0.1) is 0 Å². The third-order valence-electron chi connectivity index (χ3n) is 5.34. The molecule has 178 valence electrons. The zero-order valence-electron chi connectivity index (χ0n) is 19.0. The van der Waals surface area contributed by atoms with Gasteiger partial charge >= 0.3 is 0 Å². The van der Waals surface area contributed by atoms with Gasteiger partial charge in [-0.05, 0) is 12.8 Å². The molecule has 0 saturated carbocycles. The van der Waals surface area contributed by atoms with Gasteiger partial charge in [0.15, 0.2) is 11.3 Å². The minimum absolute atomic E-state index is 0.0634. The summed E-state index contributed by atoms with van der Waals surface area (Å²) in [4.78, 5) is 23.7. The lowest BCUT2D eigenvalue weighted by molar-refractivity contribution is -0.125. The Morgan fingerprint density at radius 3 is 2.73 bits per heavy atom. The summed E-state index contributed by atoms with van der Waals surface area (Å²) >= 11 is 0. The third kappa shape index (κ3) is 6.22. The van der Waals surface area contributed by atoms with Crippen LogP contribution < -0.4 is 30.5 Å². The Kier molecular flexibility index (Phi) is 8.64. The minimum Gasteiger partial charge on any atom is -0.497 e. The second-order valence-corrected chi connectivity index (χ2v) is 7.45. The Hall–Kier alpha value is -3.60.